The third-order valence-corrected chi connectivity index (χ3v) is 5.13. The summed E-state index contributed by atoms with van der Waals surface area (Å²) in [6.45, 7) is 0.0576. The van der Waals surface area contributed by atoms with Gasteiger partial charge in [0.05, 0.1) is 12.5 Å². The number of amides is 4. The molecule has 4 unspecified atom stereocenters. The molecule has 0 aliphatic carbocycles. The number of nitrogens with zero attached hydrogens (tertiary/aromatic N) is 1. The SMILES string of the molecule is NC(=O)CCC(NC(=O)C(N)CCC(=O)O)C(=O)NC(CC(=O)O)C(=O)N1CCCC1C(=O)O. The van der Waals surface area contributed by atoms with Crippen molar-refractivity contribution in [3.05, 3.63) is 0 Å². The highest BCUT2D eigenvalue weighted by Crippen LogP contribution is 2.19. The molecule has 4 amide bonds. The third-order valence-electron chi connectivity index (χ3n) is 5.13. The number of nitrogens with two attached hydrogens (primary N) is 2. The van der Waals surface area contributed by atoms with E-state index < -0.39 is 78.5 Å². The summed E-state index contributed by atoms with van der Waals surface area (Å²) in [6, 6.07) is -5.55. The molecule has 34 heavy (non-hydrogen) atoms. The molecule has 0 aromatic heterocycles. The molecule has 1 aliphatic rings. The number of carbonyl (C=O) groups is 7. The van der Waals surface area contributed by atoms with Crippen molar-refractivity contribution in [3.63, 3.8) is 0 Å². The summed E-state index contributed by atoms with van der Waals surface area (Å²) in [6.07, 6.45) is -1.63. The van der Waals surface area contributed by atoms with Gasteiger partial charge in [-0.15, -0.1) is 0 Å². The first-order valence-electron chi connectivity index (χ1n) is 10.4. The number of carbonyl (C=O) groups excluding carboxylic acids is 4. The molecule has 15 heteroatoms. The molecule has 1 heterocycles. The molecule has 15 nitrogen and oxygen atoms in total. The van der Waals surface area contributed by atoms with E-state index in [-0.39, 0.29) is 32.2 Å². The van der Waals surface area contributed by atoms with Crippen molar-refractivity contribution >= 4 is 41.5 Å². The molecular formula is C19H29N5O10. The van der Waals surface area contributed by atoms with Crippen LogP contribution in [0.1, 0.15) is 44.9 Å². The number of rotatable bonds is 14. The van der Waals surface area contributed by atoms with Gasteiger partial charge in [0.15, 0.2) is 0 Å². The van der Waals surface area contributed by atoms with Crippen LogP contribution in [0.3, 0.4) is 0 Å². The largest absolute Gasteiger partial charge is 0.481 e. The van der Waals surface area contributed by atoms with Crippen molar-refractivity contribution in [2.75, 3.05) is 6.54 Å². The summed E-state index contributed by atoms with van der Waals surface area (Å²) in [7, 11) is 0. The minimum Gasteiger partial charge on any atom is -0.481 e. The Hall–Kier alpha value is -3.75. The number of likely N-dealkylation sites (tertiary alicyclic amines) is 1. The zero-order valence-corrected chi connectivity index (χ0v) is 18.3. The van der Waals surface area contributed by atoms with Gasteiger partial charge in [0.25, 0.3) is 0 Å². The lowest BCUT2D eigenvalue weighted by Crippen LogP contribution is -2.57. The summed E-state index contributed by atoms with van der Waals surface area (Å²) >= 11 is 0. The Kier molecular flexibility index (Phi) is 10.9. The van der Waals surface area contributed by atoms with Crippen molar-refractivity contribution in [2.24, 2.45) is 11.5 Å². The van der Waals surface area contributed by atoms with Crippen LogP contribution in [0, 0.1) is 0 Å². The smallest absolute Gasteiger partial charge is 0.326 e. The van der Waals surface area contributed by atoms with E-state index in [9.17, 15) is 38.7 Å². The van der Waals surface area contributed by atoms with E-state index in [0.29, 0.717) is 6.42 Å². The molecule has 0 aromatic carbocycles. The molecule has 1 aliphatic heterocycles. The highest BCUT2D eigenvalue weighted by atomic mass is 16.4. The van der Waals surface area contributed by atoms with E-state index in [1.165, 1.54) is 0 Å². The van der Waals surface area contributed by atoms with Crippen LogP contribution in [-0.4, -0.2) is 92.5 Å². The van der Waals surface area contributed by atoms with E-state index in [1.54, 1.807) is 0 Å². The Bertz CT molecular complexity index is 832. The number of primary amides is 1. The topological polar surface area (TPSA) is 260 Å². The van der Waals surface area contributed by atoms with Gasteiger partial charge in [-0.25, -0.2) is 4.79 Å². The van der Waals surface area contributed by atoms with Gasteiger partial charge in [-0.05, 0) is 25.7 Å². The number of carboxylic acids is 3. The Labute approximate surface area is 193 Å². The molecule has 0 saturated carbocycles. The quantitative estimate of drug-likeness (QED) is 0.129. The molecule has 0 aromatic rings. The fraction of sp³-hybridized carbons (Fsp3) is 0.632. The maximum Gasteiger partial charge on any atom is 0.326 e. The summed E-state index contributed by atoms with van der Waals surface area (Å²) in [4.78, 5) is 83.4. The Morgan fingerprint density at radius 3 is 2.03 bits per heavy atom. The van der Waals surface area contributed by atoms with Crippen molar-refractivity contribution < 1.29 is 48.9 Å². The van der Waals surface area contributed by atoms with Gasteiger partial charge in [0.1, 0.15) is 18.1 Å². The fourth-order valence-electron chi connectivity index (χ4n) is 3.38. The van der Waals surface area contributed by atoms with Crippen molar-refractivity contribution in [3.8, 4) is 0 Å². The molecule has 0 radical (unpaired) electrons. The summed E-state index contributed by atoms with van der Waals surface area (Å²) in [5, 5.41) is 31.6. The minimum absolute atomic E-state index is 0.0576. The van der Waals surface area contributed by atoms with Crippen LogP contribution in [0.2, 0.25) is 0 Å². The van der Waals surface area contributed by atoms with E-state index in [1.807, 2.05) is 0 Å². The van der Waals surface area contributed by atoms with Gasteiger partial charge >= 0.3 is 17.9 Å². The van der Waals surface area contributed by atoms with Gasteiger partial charge in [-0.2, -0.15) is 0 Å². The van der Waals surface area contributed by atoms with Crippen LogP contribution in [0.4, 0.5) is 0 Å². The highest BCUT2D eigenvalue weighted by Gasteiger charge is 2.39. The molecule has 190 valence electrons. The van der Waals surface area contributed by atoms with Crippen LogP contribution in [0.5, 0.6) is 0 Å². The zero-order valence-electron chi connectivity index (χ0n) is 18.3. The first-order chi connectivity index (χ1) is 15.8. The van der Waals surface area contributed by atoms with Gasteiger partial charge in [0.2, 0.25) is 23.6 Å². The number of carboxylic acid groups (broad SMARTS) is 3. The summed E-state index contributed by atoms with van der Waals surface area (Å²) < 4.78 is 0. The second-order valence-corrected chi connectivity index (χ2v) is 7.79. The van der Waals surface area contributed by atoms with E-state index in [4.69, 9.17) is 21.7 Å². The second kappa shape index (κ2) is 13.1. The molecule has 4 atom stereocenters. The molecule has 1 saturated heterocycles. The van der Waals surface area contributed by atoms with E-state index >= 15 is 0 Å². The predicted molar refractivity (Wildman–Crippen MR) is 112 cm³/mol. The second-order valence-electron chi connectivity index (χ2n) is 7.79. The molecule has 0 spiro atoms. The number of nitrogens with one attached hydrogen (secondary N) is 2. The highest BCUT2D eigenvalue weighted by molar-refractivity contribution is 5.96. The fourth-order valence-corrected chi connectivity index (χ4v) is 3.38. The summed E-state index contributed by atoms with van der Waals surface area (Å²) in [5.41, 5.74) is 10.7. The average Bonchev–Trinajstić information content (AvgIpc) is 3.23. The lowest BCUT2D eigenvalue weighted by Gasteiger charge is -2.28. The molecule has 0 bridgehead atoms. The molecule has 9 N–H and O–H groups in total. The van der Waals surface area contributed by atoms with Crippen LogP contribution in [0.15, 0.2) is 0 Å². The maximum absolute atomic E-state index is 12.8. The van der Waals surface area contributed by atoms with Crippen molar-refractivity contribution in [2.45, 2.75) is 69.1 Å². The van der Waals surface area contributed by atoms with E-state index in [2.05, 4.69) is 10.6 Å². The molecule has 1 rings (SSSR count). The first kappa shape index (κ1) is 28.3. The minimum atomic E-state index is -1.64. The monoisotopic (exact) mass is 487 g/mol. The van der Waals surface area contributed by atoms with Crippen LogP contribution in [0.25, 0.3) is 0 Å². The maximum atomic E-state index is 12.8. The molecular weight excluding hydrogens is 458 g/mol. The van der Waals surface area contributed by atoms with Crippen LogP contribution >= 0.6 is 0 Å². The average molecular weight is 487 g/mol. The third kappa shape index (κ3) is 9.01. The normalized spacial score (nSPS) is 17.8. The standard InChI is InChI=1S/C19H29N5O10/c20-9(3-6-14(26)27)16(30)22-10(4-5-13(21)25)17(31)23-11(8-15(28)29)18(32)24-7-1-2-12(24)19(33)34/h9-12H,1-8,20H2,(H2,21,25)(H,22,30)(H,23,31)(H,26,27)(H,28,29)(H,33,34). The lowest BCUT2D eigenvalue weighted by molar-refractivity contribution is -0.150. The van der Waals surface area contributed by atoms with Gasteiger partial charge in [-0.3, -0.25) is 28.8 Å². The van der Waals surface area contributed by atoms with Gasteiger partial charge in [-0.1, -0.05) is 0 Å². The Morgan fingerprint density at radius 1 is 0.882 bits per heavy atom. The predicted octanol–water partition coefficient (Wildman–Crippen LogP) is -3.04. The number of hydrogen-bond acceptors (Lipinski definition) is 8. The van der Waals surface area contributed by atoms with Gasteiger partial charge < -0.3 is 42.3 Å². The summed E-state index contributed by atoms with van der Waals surface area (Å²) in [5.74, 6) is -7.56. The number of aliphatic carboxylic acids is 3. The Morgan fingerprint density at radius 2 is 1.50 bits per heavy atom. The first-order valence-corrected chi connectivity index (χ1v) is 10.4. The van der Waals surface area contributed by atoms with E-state index in [0.717, 1.165) is 4.90 Å². The lowest BCUT2D eigenvalue weighted by atomic mass is 10.1. The van der Waals surface area contributed by atoms with Crippen LogP contribution < -0.4 is 22.1 Å². The van der Waals surface area contributed by atoms with Gasteiger partial charge in [0, 0.05) is 19.4 Å². The Balaban J connectivity index is 3.00. The zero-order chi connectivity index (χ0) is 26.0. The van der Waals surface area contributed by atoms with Crippen molar-refractivity contribution in [1.82, 2.24) is 15.5 Å². The molecule has 1 fully saturated rings. The van der Waals surface area contributed by atoms with Crippen molar-refractivity contribution in [1.29, 1.82) is 0 Å². The van der Waals surface area contributed by atoms with Crippen LogP contribution in [-0.2, 0) is 33.6 Å². The number of hydrogen-bond donors (Lipinski definition) is 7.